The van der Waals surface area contributed by atoms with E-state index in [-0.39, 0.29) is 47.9 Å². The number of fused-ring (bicyclic) bond motifs is 1. The molecule has 2 saturated carbocycles. The molecule has 6 heteroatoms. The molecule has 2 heterocycles. The average Bonchev–Trinajstić information content (AvgIpc) is 3.36. The highest BCUT2D eigenvalue weighted by Gasteiger charge is 2.49. The number of carbonyl (C=O) groups excluding carboxylic acids is 2. The summed E-state index contributed by atoms with van der Waals surface area (Å²) in [6, 6.07) is -0.179. The van der Waals surface area contributed by atoms with Gasteiger partial charge in [0, 0.05) is 11.8 Å². The summed E-state index contributed by atoms with van der Waals surface area (Å²) in [4.78, 5) is 24.7. The molecule has 0 aromatic carbocycles. The van der Waals surface area contributed by atoms with E-state index in [1.165, 1.54) is 32.1 Å². The van der Waals surface area contributed by atoms with Crippen molar-refractivity contribution in [3.05, 3.63) is 0 Å². The van der Waals surface area contributed by atoms with Gasteiger partial charge >= 0.3 is 0 Å². The van der Waals surface area contributed by atoms with E-state index in [0.717, 1.165) is 31.6 Å². The first-order valence-corrected chi connectivity index (χ1v) is 11.0. The van der Waals surface area contributed by atoms with Crippen LogP contribution in [0, 0.1) is 17.8 Å². The fraction of sp³-hybridized carbons (Fsp3) is 0.905. The number of rotatable bonds is 7. The van der Waals surface area contributed by atoms with E-state index < -0.39 is 0 Å². The Labute approximate surface area is 162 Å². The van der Waals surface area contributed by atoms with Crippen molar-refractivity contribution in [2.75, 3.05) is 13.2 Å². The largest absolute Gasteiger partial charge is 0.371 e. The third-order valence-corrected chi connectivity index (χ3v) is 6.84. The smallest absolute Gasteiger partial charge is 0.223 e. The summed E-state index contributed by atoms with van der Waals surface area (Å²) in [5.74, 6) is 1.41. The van der Waals surface area contributed by atoms with Crippen LogP contribution in [-0.4, -0.2) is 49.3 Å². The summed E-state index contributed by atoms with van der Waals surface area (Å²) in [6.45, 7) is 3.19. The van der Waals surface area contributed by atoms with Gasteiger partial charge in [0.1, 0.15) is 12.2 Å². The summed E-state index contributed by atoms with van der Waals surface area (Å²) in [5.41, 5.74) is 0. The van der Waals surface area contributed by atoms with E-state index in [9.17, 15) is 9.59 Å². The number of hydrogen-bond donors (Lipinski definition) is 2. The quantitative estimate of drug-likeness (QED) is 0.712. The van der Waals surface area contributed by atoms with Crippen LogP contribution in [0.2, 0.25) is 0 Å². The van der Waals surface area contributed by atoms with E-state index in [0.29, 0.717) is 13.2 Å². The van der Waals surface area contributed by atoms with E-state index in [2.05, 4.69) is 17.6 Å². The standard InChI is InChI=1S/C21H34N2O4/c1-2-3-4-13-5-7-14(8-6-13)20(24)22-16-11-26-19-17(12-27-18(16)19)23-21(25)15-9-10-15/h13-19H,2-12H2,1H3,(H,22,24)(H,23,25)/t13-,14-,16-,17-,18+,19+/m0/s1. The first-order valence-electron chi connectivity index (χ1n) is 11.0. The summed E-state index contributed by atoms with van der Waals surface area (Å²) >= 11 is 0. The van der Waals surface area contributed by atoms with Gasteiger partial charge in [-0.15, -0.1) is 0 Å². The molecule has 0 spiro atoms. The molecule has 0 aromatic heterocycles. The molecule has 0 radical (unpaired) electrons. The molecule has 27 heavy (non-hydrogen) atoms. The van der Waals surface area contributed by atoms with Crippen LogP contribution in [0.15, 0.2) is 0 Å². The number of amides is 2. The van der Waals surface area contributed by atoms with Crippen molar-refractivity contribution >= 4 is 11.8 Å². The monoisotopic (exact) mass is 378 g/mol. The minimum atomic E-state index is -0.139. The van der Waals surface area contributed by atoms with E-state index in [1.807, 2.05) is 0 Å². The van der Waals surface area contributed by atoms with Crippen molar-refractivity contribution in [3.63, 3.8) is 0 Å². The molecule has 0 bridgehead atoms. The third kappa shape index (κ3) is 4.48. The Morgan fingerprint density at radius 2 is 1.30 bits per heavy atom. The maximum atomic E-state index is 12.7. The van der Waals surface area contributed by atoms with Crippen LogP contribution in [0.25, 0.3) is 0 Å². The molecule has 4 rings (SSSR count). The maximum absolute atomic E-state index is 12.7. The lowest BCUT2D eigenvalue weighted by atomic mass is 9.79. The van der Waals surface area contributed by atoms with E-state index in [4.69, 9.17) is 9.47 Å². The lowest BCUT2D eigenvalue weighted by molar-refractivity contribution is -0.127. The van der Waals surface area contributed by atoms with Crippen molar-refractivity contribution in [2.24, 2.45) is 17.8 Å². The van der Waals surface area contributed by atoms with Crippen LogP contribution in [0.4, 0.5) is 0 Å². The molecule has 0 aromatic rings. The molecular weight excluding hydrogens is 344 g/mol. The maximum Gasteiger partial charge on any atom is 0.223 e. The zero-order valence-corrected chi connectivity index (χ0v) is 16.5. The van der Waals surface area contributed by atoms with Crippen LogP contribution >= 0.6 is 0 Å². The predicted molar refractivity (Wildman–Crippen MR) is 101 cm³/mol. The molecule has 4 fully saturated rings. The van der Waals surface area contributed by atoms with Crippen molar-refractivity contribution in [1.29, 1.82) is 0 Å². The van der Waals surface area contributed by atoms with Gasteiger partial charge in [0.15, 0.2) is 0 Å². The summed E-state index contributed by atoms with van der Waals surface area (Å²) in [6.07, 6.45) is 9.95. The Balaban J connectivity index is 1.22. The fourth-order valence-electron chi connectivity index (χ4n) is 4.90. The fourth-order valence-corrected chi connectivity index (χ4v) is 4.90. The van der Waals surface area contributed by atoms with Crippen molar-refractivity contribution in [2.45, 2.75) is 89.0 Å². The van der Waals surface area contributed by atoms with Gasteiger partial charge in [-0.3, -0.25) is 9.59 Å². The minimum Gasteiger partial charge on any atom is -0.371 e. The SMILES string of the molecule is CCCC[C@H]1CC[C@H](C(=O)N[C@H]2CO[C@H]3[C@@H]2OC[C@@H]3NC(=O)C2CC2)CC1. The molecule has 2 saturated heterocycles. The lowest BCUT2D eigenvalue weighted by Gasteiger charge is -2.29. The number of carbonyl (C=O) groups is 2. The van der Waals surface area contributed by atoms with Gasteiger partial charge in [-0.25, -0.2) is 0 Å². The average molecular weight is 379 g/mol. The molecular formula is C21H34N2O4. The Bertz CT molecular complexity index is 542. The number of ether oxygens (including phenoxy) is 2. The molecule has 2 N–H and O–H groups in total. The molecule has 4 atom stereocenters. The Kier molecular flexibility index (Phi) is 6.02. The molecule has 2 aliphatic heterocycles. The van der Waals surface area contributed by atoms with Crippen LogP contribution < -0.4 is 10.6 Å². The van der Waals surface area contributed by atoms with E-state index >= 15 is 0 Å². The van der Waals surface area contributed by atoms with Gasteiger partial charge in [-0.1, -0.05) is 26.2 Å². The Morgan fingerprint density at radius 1 is 0.815 bits per heavy atom. The summed E-state index contributed by atoms with van der Waals surface area (Å²) in [7, 11) is 0. The zero-order valence-electron chi connectivity index (χ0n) is 16.5. The molecule has 4 aliphatic rings. The van der Waals surface area contributed by atoms with Crippen LogP contribution in [-0.2, 0) is 19.1 Å². The highest BCUT2D eigenvalue weighted by Crippen LogP contribution is 2.34. The van der Waals surface area contributed by atoms with Crippen molar-refractivity contribution in [3.8, 4) is 0 Å². The normalized spacial score (nSPS) is 38.4. The van der Waals surface area contributed by atoms with Gasteiger partial charge in [0.25, 0.3) is 0 Å². The molecule has 2 aliphatic carbocycles. The minimum absolute atomic E-state index is 0.0843. The topological polar surface area (TPSA) is 76.7 Å². The number of nitrogens with one attached hydrogen (secondary N) is 2. The van der Waals surface area contributed by atoms with Crippen LogP contribution in [0.5, 0.6) is 0 Å². The molecule has 0 unspecified atom stereocenters. The number of unbranched alkanes of at least 4 members (excludes halogenated alkanes) is 1. The van der Waals surface area contributed by atoms with Gasteiger partial charge in [-0.2, -0.15) is 0 Å². The number of hydrogen-bond acceptors (Lipinski definition) is 4. The van der Waals surface area contributed by atoms with Gasteiger partial charge in [0.2, 0.25) is 11.8 Å². The first kappa shape index (κ1) is 19.2. The van der Waals surface area contributed by atoms with Crippen LogP contribution in [0.1, 0.15) is 64.7 Å². The van der Waals surface area contributed by atoms with Crippen molar-refractivity contribution in [1.82, 2.24) is 10.6 Å². The molecule has 6 nitrogen and oxygen atoms in total. The zero-order chi connectivity index (χ0) is 18.8. The van der Waals surface area contributed by atoms with Crippen LogP contribution in [0.3, 0.4) is 0 Å². The predicted octanol–water partition coefficient (Wildman–Crippen LogP) is 2.16. The second-order valence-electron chi connectivity index (χ2n) is 8.96. The third-order valence-electron chi connectivity index (χ3n) is 6.84. The first-order chi connectivity index (χ1) is 13.2. The second kappa shape index (κ2) is 8.48. The molecule has 2 amide bonds. The summed E-state index contributed by atoms with van der Waals surface area (Å²) < 4.78 is 11.8. The van der Waals surface area contributed by atoms with Gasteiger partial charge in [-0.05, 0) is 44.4 Å². The Morgan fingerprint density at radius 3 is 1.74 bits per heavy atom. The lowest BCUT2D eigenvalue weighted by Crippen LogP contribution is -2.48. The summed E-state index contributed by atoms with van der Waals surface area (Å²) in [5, 5.41) is 6.25. The van der Waals surface area contributed by atoms with E-state index in [1.54, 1.807) is 0 Å². The van der Waals surface area contributed by atoms with Gasteiger partial charge in [0.05, 0.1) is 25.3 Å². The van der Waals surface area contributed by atoms with Crippen molar-refractivity contribution < 1.29 is 19.1 Å². The van der Waals surface area contributed by atoms with Gasteiger partial charge < -0.3 is 20.1 Å². The highest BCUT2D eigenvalue weighted by atomic mass is 16.6. The molecule has 152 valence electrons. The second-order valence-corrected chi connectivity index (χ2v) is 8.96. The Hall–Kier alpha value is -1.14. The highest BCUT2D eigenvalue weighted by molar-refractivity contribution is 5.81.